The highest BCUT2D eigenvalue weighted by Gasteiger charge is 2.17. The number of amides is 1. The van der Waals surface area contributed by atoms with Gasteiger partial charge in [0.05, 0.1) is 12.0 Å². The molecule has 0 saturated heterocycles. The van der Waals surface area contributed by atoms with Crippen LogP contribution in [0.25, 0.3) is 11.5 Å². The minimum Gasteiger partial charge on any atom is -0.341 e. The molecule has 10 heteroatoms. The zero-order chi connectivity index (χ0) is 20.4. The Balaban J connectivity index is 1.68. The average Bonchev–Trinajstić information content (AvgIpc) is 3.19. The molecule has 0 radical (unpaired) electrons. The van der Waals surface area contributed by atoms with E-state index in [0.717, 1.165) is 17.0 Å². The third-order valence-corrected chi connectivity index (χ3v) is 4.71. The van der Waals surface area contributed by atoms with Gasteiger partial charge in [-0.15, -0.1) is 0 Å². The maximum absolute atomic E-state index is 12.6. The summed E-state index contributed by atoms with van der Waals surface area (Å²) in [6.45, 7) is 6.25. The summed E-state index contributed by atoms with van der Waals surface area (Å²) in [5.74, 6) is 0.478. The number of carbonyl (C=O) groups excluding carboxylic acids is 1. The highest BCUT2D eigenvalue weighted by Crippen LogP contribution is 2.15. The Bertz CT molecular complexity index is 1060. The van der Waals surface area contributed by atoms with E-state index in [4.69, 9.17) is 4.52 Å². The van der Waals surface area contributed by atoms with E-state index in [0.29, 0.717) is 12.4 Å². The van der Waals surface area contributed by atoms with E-state index < -0.39 is 0 Å². The van der Waals surface area contributed by atoms with Gasteiger partial charge in [0, 0.05) is 51.1 Å². The van der Waals surface area contributed by atoms with Crippen LogP contribution in [0, 0.1) is 20.8 Å². The van der Waals surface area contributed by atoms with Crippen molar-refractivity contribution in [3.63, 3.8) is 0 Å². The zero-order valence-corrected chi connectivity index (χ0v) is 16.6. The number of aryl methyl sites for hydroxylation is 4. The van der Waals surface area contributed by atoms with Crippen molar-refractivity contribution in [2.45, 2.75) is 40.3 Å². The third-order valence-electron chi connectivity index (χ3n) is 4.71. The minimum absolute atomic E-state index is 0.0754. The normalized spacial score (nSPS) is 11.0. The maximum Gasteiger partial charge on any atom is 0.266 e. The molecule has 148 valence electrons. The van der Waals surface area contributed by atoms with Gasteiger partial charge in [-0.05, 0) is 20.8 Å². The number of nitrogens with zero attached hydrogens (tertiary/aromatic N) is 7. The van der Waals surface area contributed by atoms with Crippen molar-refractivity contribution in [2.75, 3.05) is 7.05 Å². The van der Waals surface area contributed by atoms with Crippen LogP contribution in [0.5, 0.6) is 0 Å². The van der Waals surface area contributed by atoms with Gasteiger partial charge in [0.1, 0.15) is 5.56 Å². The molecule has 3 aromatic rings. The number of hydrogen-bond acceptors (Lipinski definition) is 7. The molecular formula is C18H23N7O3. The van der Waals surface area contributed by atoms with Crippen molar-refractivity contribution in [3.05, 3.63) is 45.7 Å². The molecule has 3 heterocycles. The van der Waals surface area contributed by atoms with Crippen LogP contribution in [-0.2, 0) is 24.9 Å². The van der Waals surface area contributed by atoms with Crippen LogP contribution in [0.15, 0.2) is 21.8 Å². The Morgan fingerprint density at radius 3 is 2.64 bits per heavy atom. The summed E-state index contributed by atoms with van der Waals surface area (Å²) in [5.41, 5.74) is 2.85. The van der Waals surface area contributed by atoms with Crippen LogP contribution in [0.1, 0.15) is 29.2 Å². The minimum atomic E-state index is -0.326. The molecule has 28 heavy (non-hydrogen) atoms. The zero-order valence-electron chi connectivity index (χ0n) is 16.6. The summed E-state index contributed by atoms with van der Waals surface area (Å²) in [4.78, 5) is 34.9. The lowest BCUT2D eigenvalue weighted by molar-refractivity contribution is -0.130. The van der Waals surface area contributed by atoms with Crippen molar-refractivity contribution >= 4 is 5.91 Å². The van der Waals surface area contributed by atoms with E-state index in [2.05, 4.69) is 20.2 Å². The van der Waals surface area contributed by atoms with E-state index in [9.17, 15) is 9.59 Å². The molecule has 0 aliphatic carbocycles. The molecule has 0 atom stereocenters. The first-order valence-corrected chi connectivity index (χ1v) is 8.86. The molecule has 0 fully saturated rings. The van der Waals surface area contributed by atoms with Crippen LogP contribution in [0.3, 0.4) is 0 Å². The Labute approximate surface area is 161 Å². The second-order valence-corrected chi connectivity index (χ2v) is 6.73. The molecule has 3 rings (SSSR count). The van der Waals surface area contributed by atoms with Crippen LogP contribution >= 0.6 is 0 Å². The first kappa shape index (κ1) is 19.5. The Hall–Kier alpha value is -3.30. The average molecular weight is 385 g/mol. The molecule has 1 amide bonds. The number of aromatic nitrogens is 6. The molecule has 0 aliphatic heterocycles. The lowest BCUT2D eigenvalue weighted by Crippen LogP contribution is -2.30. The van der Waals surface area contributed by atoms with E-state index >= 15 is 0 Å². The van der Waals surface area contributed by atoms with Gasteiger partial charge in [0.15, 0.2) is 5.82 Å². The van der Waals surface area contributed by atoms with Crippen LogP contribution < -0.4 is 5.56 Å². The Kier molecular flexibility index (Phi) is 5.39. The van der Waals surface area contributed by atoms with E-state index in [1.807, 2.05) is 20.9 Å². The van der Waals surface area contributed by atoms with Crippen LogP contribution in [-0.4, -0.2) is 47.3 Å². The maximum atomic E-state index is 12.6. The van der Waals surface area contributed by atoms with E-state index in [-0.39, 0.29) is 35.9 Å². The van der Waals surface area contributed by atoms with Crippen molar-refractivity contribution in [1.29, 1.82) is 0 Å². The molecule has 10 nitrogen and oxygen atoms in total. The SMILES string of the molecule is Cc1noc(-c2cncn(CCC(=O)N(C)Cc3c(C)nn(C)c3C)c2=O)n1. The largest absolute Gasteiger partial charge is 0.341 e. The predicted molar refractivity (Wildman–Crippen MR) is 100 cm³/mol. The second kappa shape index (κ2) is 7.75. The van der Waals surface area contributed by atoms with Gasteiger partial charge in [-0.3, -0.25) is 18.8 Å². The third kappa shape index (κ3) is 3.85. The van der Waals surface area contributed by atoms with Crippen molar-refractivity contribution < 1.29 is 9.32 Å². The lowest BCUT2D eigenvalue weighted by atomic mass is 10.2. The summed E-state index contributed by atoms with van der Waals surface area (Å²) in [6, 6.07) is 0. The van der Waals surface area contributed by atoms with Gasteiger partial charge in [-0.2, -0.15) is 10.1 Å². The predicted octanol–water partition coefficient (Wildman–Crippen LogP) is 1.00. The molecule has 0 unspecified atom stereocenters. The highest BCUT2D eigenvalue weighted by molar-refractivity contribution is 5.75. The summed E-state index contributed by atoms with van der Waals surface area (Å²) in [5, 5.41) is 8.06. The van der Waals surface area contributed by atoms with E-state index in [1.54, 1.807) is 23.6 Å². The first-order valence-electron chi connectivity index (χ1n) is 8.86. The van der Waals surface area contributed by atoms with Crippen LogP contribution in [0.2, 0.25) is 0 Å². The number of rotatable bonds is 6. The monoisotopic (exact) mass is 385 g/mol. The van der Waals surface area contributed by atoms with Crippen molar-refractivity contribution in [3.8, 4) is 11.5 Å². The lowest BCUT2D eigenvalue weighted by Gasteiger charge is -2.18. The summed E-state index contributed by atoms with van der Waals surface area (Å²) >= 11 is 0. The topological polar surface area (TPSA) is 112 Å². The van der Waals surface area contributed by atoms with Gasteiger partial charge < -0.3 is 9.42 Å². The fraction of sp³-hybridized carbons (Fsp3) is 0.444. The smallest absolute Gasteiger partial charge is 0.266 e. The van der Waals surface area contributed by atoms with Crippen LogP contribution in [0.4, 0.5) is 0 Å². The van der Waals surface area contributed by atoms with Gasteiger partial charge in [0.25, 0.3) is 11.4 Å². The Morgan fingerprint density at radius 1 is 1.29 bits per heavy atom. The molecule has 0 N–H and O–H groups in total. The van der Waals surface area contributed by atoms with E-state index in [1.165, 1.54) is 17.1 Å². The first-order chi connectivity index (χ1) is 13.3. The molecular weight excluding hydrogens is 362 g/mol. The molecule has 0 bridgehead atoms. The van der Waals surface area contributed by atoms with Crippen molar-refractivity contribution in [2.24, 2.45) is 7.05 Å². The summed E-state index contributed by atoms with van der Waals surface area (Å²) in [6.07, 6.45) is 2.95. The fourth-order valence-corrected chi connectivity index (χ4v) is 2.94. The molecule has 0 aromatic carbocycles. The number of carbonyl (C=O) groups is 1. The van der Waals surface area contributed by atoms with Gasteiger partial charge >= 0.3 is 0 Å². The molecule has 0 aliphatic rings. The molecule has 0 saturated carbocycles. The fourth-order valence-electron chi connectivity index (χ4n) is 2.94. The molecule has 0 spiro atoms. The van der Waals surface area contributed by atoms with Crippen molar-refractivity contribution in [1.82, 2.24) is 34.4 Å². The summed E-state index contributed by atoms with van der Waals surface area (Å²) in [7, 11) is 3.62. The standard InChI is InChI=1S/C18H23N7O3/c1-11-15(12(2)24(5)21-11)9-23(4)16(26)6-7-25-10-19-8-14(18(25)27)17-20-13(3)22-28-17/h8,10H,6-7,9H2,1-5H3. The molecule has 3 aromatic heterocycles. The summed E-state index contributed by atoms with van der Waals surface area (Å²) < 4.78 is 8.22. The Morgan fingerprint density at radius 2 is 2.04 bits per heavy atom. The van der Waals surface area contributed by atoms with Gasteiger partial charge in [0.2, 0.25) is 5.91 Å². The quantitative estimate of drug-likeness (QED) is 0.622. The van der Waals surface area contributed by atoms with Gasteiger partial charge in [-0.1, -0.05) is 5.16 Å². The highest BCUT2D eigenvalue weighted by atomic mass is 16.5. The second-order valence-electron chi connectivity index (χ2n) is 6.73. The van der Waals surface area contributed by atoms with Gasteiger partial charge in [-0.25, -0.2) is 4.98 Å². The number of hydrogen-bond donors (Lipinski definition) is 0.